The lowest BCUT2D eigenvalue weighted by molar-refractivity contribution is 0.0876. The quantitative estimate of drug-likeness (QED) is 0.784. The number of amides is 2. The summed E-state index contributed by atoms with van der Waals surface area (Å²) in [7, 11) is 0. The number of anilines is 1. The topological polar surface area (TPSA) is 61.4 Å². The Labute approximate surface area is 122 Å². The first-order valence-electron chi connectivity index (χ1n) is 5.87. The van der Waals surface area contributed by atoms with E-state index in [0.717, 1.165) is 5.56 Å². The lowest BCUT2D eigenvalue weighted by Crippen LogP contribution is -2.43. The lowest BCUT2D eigenvalue weighted by atomic mass is 10.1. The van der Waals surface area contributed by atoms with E-state index in [0.29, 0.717) is 16.5 Å². The van der Waals surface area contributed by atoms with Gasteiger partial charge in [-0.1, -0.05) is 23.7 Å². The van der Waals surface area contributed by atoms with E-state index in [2.05, 4.69) is 10.6 Å². The molecule has 0 fully saturated rings. The van der Waals surface area contributed by atoms with E-state index in [1.165, 1.54) is 11.8 Å². The number of hydrogen-bond acceptors (Lipinski definition) is 3. The van der Waals surface area contributed by atoms with Crippen molar-refractivity contribution in [3.8, 4) is 0 Å². The zero-order chi connectivity index (χ0) is 14.5. The fraction of sp³-hybridized carbons (Fsp3) is 0.462. The van der Waals surface area contributed by atoms with E-state index in [1.807, 2.05) is 25.3 Å². The number of aryl methyl sites for hydroxylation is 1. The molecule has 0 saturated heterocycles. The predicted octanol–water partition coefficient (Wildman–Crippen LogP) is 2.88. The number of hydrogen-bond donors (Lipinski definition) is 3. The van der Waals surface area contributed by atoms with Gasteiger partial charge in [0.2, 0.25) is 0 Å². The largest absolute Gasteiger partial charge is 0.387 e. The van der Waals surface area contributed by atoms with Crippen molar-refractivity contribution in [3.63, 3.8) is 0 Å². The molecule has 106 valence electrons. The second-order valence-corrected chi connectivity index (χ2v) is 5.92. The highest BCUT2D eigenvalue weighted by atomic mass is 35.5. The van der Waals surface area contributed by atoms with E-state index in [4.69, 9.17) is 11.6 Å². The highest BCUT2D eigenvalue weighted by Gasteiger charge is 2.20. The predicted molar refractivity (Wildman–Crippen MR) is 82.2 cm³/mol. The summed E-state index contributed by atoms with van der Waals surface area (Å²) in [6.45, 7) is 3.74. The maximum Gasteiger partial charge on any atom is 0.319 e. The molecule has 0 spiro atoms. The third kappa shape index (κ3) is 5.30. The van der Waals surface area contributed by atoms with Crippen LogP contribution in [-0.2, 0) is 0 Å². The maximum absolute atomic E-state index is 11.7. The minimum atomic E-state index is -0.923. The van der Waals surface area contributed by atoms with Crippen LogP contribution in [0.15, 0.2) is 18.2 Å². The van der Waals surface area contributed by atoms with Crippen LogP contribution in [0.1, 0.15) is 12.5 Å². The molecule has 6 heteroatoms. The highest BCUT2D eigenvalue weighted by molar-refractivity contribution is 7.98. The molecule has 0 radical (unpaired) electrons. The molecule has 0 aliphatic heterocycles. The number of halogens is 1. The summed E-state index contributed by atoms with van der Waals surface area (Å²) in [4.78, 5) is 11.7. The van der Waals surface area contributed by atoms with Crippen molar-refractivity contribution in [2.24, 2.45) is 0 Å². The van der Waals surface area contributed by atoms with Gasteiger partial charge in [-0.15, -0.1) is 0 Å². The molecule has 0 saturated carbocycles. The number of nitrogens with one attached hydrogen (secondary N) is 2. The van der Waals surface area contributed by atoms with Gasteiger partial charge in [0.15, 0.2) is 0 Å². The van der Waals surface area contributed by atoms with E-state index < -0.39 is 5.60 Å². The van der Waals surface area contributed by atoms with E-state index in [1.54, 1.807) is 13.0 Å². The number of rotatable bonds is 5. The Morgan fingerprint density at radius 3 is 2.84 bits per heavy atom. The van der Waals surface area contributed by atoms with Crippen LogP contribution in [0.3, 0.4) is 0 Å². The van der Waals surface area contributed by atoms with Crippen molar-refractivity contribution >= 4 is 35.1 Å². The Bertz CT molecular complexity index is 452. The summed E-state index contributed by atoms with van der Waals surface area (Å²) in [5.41, 5.74) is 0.533. The van der Waals surface area contributed by atoms with Crippen LogP contribution < -0.4 is 10.6 Å². The molecule has 1 rings (SSSR count). The first-order valence-corrected chi connectivity index (χ1v) is 7.64. The monoisotopic (exact) mass is 302 g/mol. The summed E-state index contributed by atoms with van der Waals surface area (Å²) in [6, 6.07) is 5.04. The Kier molecular flexibility index (Phi) is 5.97. The fourth-order valence-electron chi connectivity index (χ4n) is 1.54. The molecular formula is C13H19ClN2O2S. The Balaban J connectivity index is 2.54. The smallest absolute Gasteiger partial charge is 0.319 e. The zero-order valence-corrected chi connectivity index (χ0v) is 12.9. The van der Waals surface area contributed by atoms with Gasteiger partial charge in [-0.2, -0.15) is 11.8 Å². The van der Waals surface area contributed by atoms with E-state index in [-0.39, 0.29) is 12.6 Å². The van der Waals surface area contributed by atoms with Crippen molar-refractivity contribution in [2.45, 2.75) is 19.4 Å². The van der Waals surface area contributed by atoms with E-state index in [9.17, 15) is 9.90 Å². The molecule has 0 aliphatic carbocycles. The van der Waals surface area contributed by atoms with Crippen LogP contribution >= 0.6 is 23.4 Å². The number of aliphatic hydroxyl groups is 1. The van der Waals surface area contributed by atoms with Gasteiger partial charge >= 0.3 is 6.03 Å². The Morgan fingerprint density at radius 2 is 2.21 bits per heavy atom. The van der Waals surface area contributed by atoms with Gasteiger partial charge in [0, 0.05) is 12.3 Å². The fourth-order valence-corrected chi connectivity index (χ4v) is 2.44. The van der Waals surface area contributed by atoms with Gasteiger partial charge in [-0.3, -0.25) is 0 Å². The van der Waals surface area contributed by atoms with Gasteiger partial charge in [-0.25, -0.2) is 4.79 Å². The van der Waals surface area contributed by atoms with Crippen LogP contribution in [0.5, 0.6) is 0 Å². The number of thioether (sulfide) groups is 1. The minimum Gasteiger partial charge on any atom is -0.387 e. The summed E-state index contributed by atoms with van der Waals surface area (Å²) < 4.78 is 0. The molecule has 0 aromatic heterocycles. The minimum absolute atomic E-state index is 0.184. The molecular weight excluding hydrogens is 284 g/mol. The van der Waals surface area contributed by atoms with E-state index >= 15 is 0 Å². The maximum atomic E-state index is 11.7. The first-order chi connectivity index (χ1) is 8.85. The molecule has 0 heterocycles. The molecule has 19 heavy (non-hydrogen) atoms. The van der Waals surface area contributed by atoms with Crippen molar-refractivity contribution in [2.75, 3.05) is 23.9 Å². The van der Waals surface area contributed by atoms with Crippen molar-refractivity contribution in [3.05, 3.63) is 28.8 Å². The van der Waals surface area contributed by atoms with Crippen molar-refractivity contribution in [1.82, 2.24) is 5.32 Å². The molecule has 0 aliphatic rings. The average Bonchev–Trinajstić information content (AvgIpc) is 2.33. The zero-order valence-electron chi connectivity index (χ0n) is 11.3. The molecule has 3 N–H and O–H groups in total. The average molecular weight is 303 g/mol. The molecule has 4 nitrogen and oxygen atoms in total. The highest BCUT2D eigenvalue weighted by Crippen LogP contribution is 2.24. The summed E-state index contributed by atoms with van der Waals surface area (Å²) in [5.74, 6) is 0.554. The van der Waals surface area contributed by atoms with Gasteiger partial charge < -0.3 is 15.7 Å². The molecule has 1 aromatic carbocycles. The van der Waals surface area contributed by atoms with Gasteiger partial charge in [0.1, 0.15) is 0 Å². The van der Waals surface area contributed by atoms with Crippen LogP contribution in [-0.4, -0.2) is 35.3 Å². The molecule has 1 aromatic rings. The molecule has 2 amide bonds. The summed E-state index contributed by atoms with van der Waals surface area (Å²) >= 11 is 7.61. The van der Waals surface area contributed by atoms with Crippen LogP contribution in [0, 0.1) is 6.92 Å². The van der Waals surface area contributed by atoms with Crippen LogP contribution in [0.4, 0.5) is 10.5 Å². The second kappa shape index (κ2) is 7.03. The Hall–Kier alpha value is -0.910. The molecule has 1 atom stereocenters. The summed E-state index contributed by atoms with van der Waals surface area (Å²) in [5, 5.41) is 15.8. The normalized spacial score (nSPS) is 13.7. The molecule has 1 unspecified atom stereocenters. The van der Waals surface area contributed by atoms with Crippen molar-refractivity contribution < 1.29 is 9.90 Å². The number of urea groups is 1. The number of carbonyl (C=O) groups excluding carboxylic acids is 1. The van der Waals surface area contributed by atoms with Crippen molar-refractivity contribution in [1.29, 1.82) is 0 Å². The standard InChI is InChI=1S/C13H19ClN2O2S/c1-9-5-4-6-10(11(9)14)16-12(17)15-7-13(2,18)8-19-3/h4-6,18H,7-8H2,1-3H3,(H2,15,16,17). The van der Waals surface area contributed by atoms with Gasteiger partial charge in [0.25, 0.3) is 0 Å². The SMILES string of the molecule is CSCC(C)(O)CNC(=O)Nc1cccc(C)c1Cl. The van der Waals surface area contributed by atoms with Gasteiger partial charge in [-0.05, 0) is 31.7 Å². The summed E-state index contributed by atoms with van der Waals surface area (Å²) in [6.07, 6.45) is 1.90. The number of carbonyl (C=O) groups is 1. The Morgan fingerprint density at radius 1 is 1.53 bits per heavy atom. The van der Waals surface area contributed by atoms with Crippen LogP contribution in [0.25, 0.3) is 0 Å². The lowest BCUT2D eigenvalue weighted by Gasteiger charge is -2.22. The third-order valence-electron chi connectivity index (χ3n) is 2.53. The third-order valence-corrected chi connectivity index (χ3v) is 3.94. The first kappa shape index (κ1) is 16.1. The second-order valence-electron chi connectivity index (χ2n) is 4.67. The molecule has 0 bridgehead atoms. The number of benzene rings is 1. The van der Waals surface area contributed by atoms with Crippen LogP contribution in [0.2, 0.25) is 5.02 Å². The van der Waals surface area contributed by atoms with Gasteiger partial charge in [0.05, 0.1) is 16.3 Å².